The number of piperidine rings is 1. The zero-order valence-corrected chi connectivity index (χ0v) is 27.1. The molecule has 0 amide bonds. The number of hydrogen-bond acceptors (Lipinski definition) is 7. The van der Waals surface area contributed by atoms with Gasteiger partial charge < -0.3 is 10.3 Å². The predicted molar refractivity (Wildman–Crippen MR) is 175 cm³/mol. The fourth-order valence-corrected chi connectivity index (χ4v) is 6.78. The second kappa shape index (κ2) is 15.6. The number of hydrazine groups is 2. The van der Waals surface area contributed by atoms with Crippen molar-refractivity contribution < 1.29 is 0 Å². The van der Waals surface area contributed by atoms with Crippen molar-refractivity contribution in [2.45, 2.75) is 88.8 Å². The van der Waals surface area contributed by atoms with Crippen LogP contribution in [0.1, 0.15) is 75.8 Å². The van der Waals surface area contributed by atoms with Gasteiger partial charge in [0.05, 0.1) is 12.5 Å². The Morgan fingerprint density at radius 1 is 0.927 bits per heavy atom. The first-order valence-corrected chi connectivity index (χ1v) is 15.0. The molecule has 0 radical (unpaired) electrons. The molecule has 3 N–H and O–H groups in total. The number of fused-ring (bicyclic) bond motifs is 1. The Kier molecular flexibility index (Phi) is 13.1. The standard InChI is InChI=1S/C28H38Cl2N8.3ClH/c29-21-5-10-25(30)20(16-21)15-19-11-13-36(14-12-19)38(35-23-8-6-22(31)7-9-23)28-32-17-26-27(34-28)37(18-33-26)24-3-1-2-4-24;;;/h5,10,16-19,22-24,35H,1-4,6-9,11-15,31H2;3*1H. The van der Waals surface area contributed by atoms with Gasteiger partial charge in [0.25, 0.3) is 5.95 Å². The Balaban J connectivity index is 0.00000154. The van der Waals surface area contributed by atoms with Crippen LogP contribution in [0.25, 0.3) is 11.2 Å². The number of imidazole rings is 1. The van der Waals surface area contributed by atoms with Gasteiger partial charge >= 0.3 is 0 Å². The number of halogens is 5. The summed E-state index contributed by atoms with van der Waals surface area (Å²) in [5.41, 5.74) is 12.9. The van der Waals surface area contributed by atoms with E-state index in [2.05, 4.69) is 25.1 Å². The van der Waals surface area contributed by atoms with E-state index in [1.807, 2.05) is 30.7 Å². The maximum absolute atomic E-state index is 6.47. The quantitative estimate of drug-likeness (QED) is 0.264. The minimum absolute atomic E-state index is 0. The summed E-state index contributed by atoms with van der Waals surface area (Å²) in [6, 6.07) is 6.92. The van der Waals surface area contributed by atoms with Crippen molar-refractivity contribution in [3.63, 3.8) is 0 Å². The normalized spacial score (nSPS) is 22.1. The lowest BCUT2D eigenvalue weighted by Gasteiger charge is -2.42. The Hall–Kier alpha value is -1.10. The fourth-order valence-electron chi connectivity index (χ4n) is 6.39. The van der Waals surface area contributed by atoms with E-state index in [1.165, 1.54) is 25.7 Å². The van der Waals surface area contributed by atoms with Gasteiger partial charge in [-0.15, -0.1) is 37.2 Å². The van der Waals surface area contributed by atoms with Crippen molar-refractivity contribution in [1.29, 1.82) is 0 Å². The monoisotopic (exact) mass is 664 g/mol. The molecule has 0 atom stereocenters. The molecule has 1 aliphatic heterocycles. The van der Waals surface area contributed by atoms with Crippen LogP contribution in [0.3, 0.4) is 0 Å². The average molecular weight is 667 g/mol. The van der Waals surface area contributed by atoms with Crippen LogP contribution in [-0.2, 0) is 6.42 Å². The lowest BCUT2D eigenvalue weighted by molar-refractivity contribution is 0.132. The zero-order valence-electron chi connectivity index (χ0n) is 23.1. The zero-order chi connectivity index (χ0) is 26.1. The van der Waals surface area contributed by atoms with Crippen LogP contribution >= 0.6 is 60.4 Å². The van der Waals surface area contributed by atoms with Crippen LogP contribution in [0, 0.1) is 5.92 Å². The molecule has 8 nitrogen and oxygen atoms in total. The highest BCUT2D eigenvalue weighted by Gasteiger charge is 2.30. The first kappa shape index (κ1) is 34.4. The van der Waals surface area contributed by atoms with Crippen LogP contribution in [-0.4, -0.2) is 49.7 Å². The van der Waals surface area contributed by atoms with Crippen molar-refractivity contribution in [3.05, 3.63) is 46.3 Å². The van der Waals surface area contributed by atoms with Gasteiger partial charge in [-0.25, -0.2) is 25.5 Å². The summed E-state index contributed by atoms with van der Waals surface area (Å²) in [6.45, 7) is 1.84. The van der Waals surface area contributed by atoms with Gasteiger partial charge in [0.15, 0.2) is 5.65 Å². The average Bonchev–Trinajstić information content (AvgIpc) is 3.61. The molecule has 228 valence electrons. The van der Waals surface area contributed by atoms with E-state index >= 15 is 0 Å². The number of hydrogen-bond donors (Lipinski definition) is 2. The minimum Gasteiger partial charge on any atom is -0.328 e. The number of rotatable bonds is 7. The number of benzene rings is 1. The van der Waals surface area contributed by atoms with E-state index in [1.54, 1.807) is 0 Å². The number of aromatic nitrogens is 4. The fraction of sp³-hybridized carbons (Fsp3) is 0.607. The van der Waals surface area contributed by atoms with Gasteiger partial charge in [-0.2, -0.15) is 4.98 Å². The molecule has 2 saturated carbocycles. The molecule has 3 heterocycles. The van der Waals surface area contributed by atoms with Crippen molar-refractivity contribution in [1.82, 2.24) is 30.0 Å². The maximum atomic E-state index is 6.47. The van der Waals surface area contributed by atoms with Crippen LogP contribution < -0.4 is 16.3 Å². The molecule has 1 aromatic carbocycles. The topological polar surface area (TPSA) is 88.1 Å². The summed E-state index contributed by atoms with van der Waals surface area (Å²) in [5.74, 6) is 1.26. The molecule has 13 heteroatoms. The minimum atomic E-state index is 0. The molecule has 1 saturated heterocycles. The molecule has 0 unspecified atom stereocenters. The van der Waals surface area contributed by atoms with Crippen molar-refractivity contribution >= 4 is 77.5 Å². The van der Waals surface area contributed by atoms with Crippen LogP contribution in [0.5, 0.6) is 0 Å². The SMILES string of the molecule is Cl.Cl.Cl.NC1CCC(NN(c2ncc3ncn(C4CCCC4)c3n2)N2CCC(Cc3cc(Cl)ccc3Cl)CC2)CC1. The lowest BCUT2D eigenvalue weighted by atomic mass is 9.90. The molecule has 3 aliphatic rings. The Bertz CT molecular complexity index is 1240. The molecular formula is C28H41Cl5N8. The van der Waals surface area contributed by atoms with E-state index in [9.17, 15) is 0 Å². The van der Waals surface area contributed by atoms with Gasteiger partial charge in [0.1, 0.15) is 5.52 Å². The molecule has 6 rings (SSSR count). The first-order chi connectivity index (χ1) is 18.5. The third-order valence-corrected chi connectivity index (χ3v) is 9.28. The number of nitrogens with one attached hydrogen (secondary N) is 1. The van der Waals surface area contributed by atoms with Gasteiger partial charge in [-0.05, 0) is 87.5 Å². The largest absolute Gasteiger partial charge is 0.328 e. The second-order valence-corrected chi connectivity index (χ2v) is 12.2. The highest BCUT2D eigenvalue weighted by molar-refractivity contribution is 6.33. The van der Waals surface area contributed by atoms with E-state index in [4.69, 9.17) is 38.9 Å². The third-order valence-electron chi connectivity index (χ3n) is 8.68. The van der Waals surface area contributed by atoms with Crippen molar-refractivity contribution in [2.75, 3.05) is 18.2 Å². The Morgan fingerprint density at radius 3 is 2.34 bits per heavy atom. The van der Waals surface area contributed by atoms with Crippen molar-refractivity contribution in [2.24, 2.45) is 11.7 Å². The summed E-state index contributed by atoms with van der Waals surface area (Å²) in [5, 5.41) is 6.06. The molecular weight excluding hydrogens is 626 g/mol. The molecule has 41 heavy (non-hydrogen) atoms. The van der Waals surface area contributed by atoms with Gasteiger partial charge in [0.2, 0.25) is 0 Å². The number of nitrogens with two attached hydrogens (primary N) is 1. The molecule has 3 fully saturated rings. The molecule has 0 spiro atoms. The summed E-state index contributed by atoms with van der Waals surface area (Å²) in [7, 11) is 0. The van der Waals surface area contributed by atoms with Crippen LogP contribution in [0.2, 0.25) is 10.0 Å². The number of nitrogens with zero attached hydrogens (tertiary/aromatic N) is 6. The molecule has 2 aromatic heterocycles. The predicted octanol–water partition coefficient (Wildman–Crippen LogP) is 6.96. The lowest BCUT2D eigenvalue weighted by Crippen LogP contribution is -2.58. The second-order valence-electron chi connectivity index (χ2n) is 11.4. The van der Waals surface area contributed by atoms with Crippen molar-refractivity contribution in [3.8, 4) is 0 Å². The summed E-state index contributed by atoms with van der Waals surface area (Å²) >= 11 is 12.7. The number of anilines is 1. The summed E-state index contributed by atoms with van der Waals surface area (Å²) < 4.78 is 2.27. The highest BCUT2D eigenvalue weighted by atomic mass is 35.5. The van der Waals surface area contributed by atoms with E-state index < -0.39 is 0 Å². The molecule has 0 bridgehead atoms. The van der Waals surface area contributed by atoms with Gasteiger partial charge in [0, 0.05) is 41.3 Å². The van der Waals surface area contributed by atoms with Crippen LogP contribution in [0.4, 0.5) is 5.95 Å². The van der Waals surface area contributed by atoms with E-state index in [0.29, 0.717) is 30.0 Å². The van der Waals surface area contributed by atoms with E-state index in [0.717, 1.165) is 84.8 Å². The Morgan fingerprint density at radius 2 is 1.63 bits per heavy atom. The summed E-state index contributed by atoms with van der Waals surface area (Å²) in [4.78, 5) is 14.5. The smallest absolute Gasteiger partial charge is 0.257 e. The summed E-state index contributed by atoms with van der Waals surface area (Å²) in [6.07, 6.45) is 16.1. The first-order valence-electron chi connectivity index (χ1n) is 14.2. The van der Waals surface area contributed by atoms with E-state index in [-0.39, 0.29) is 37.2 Å². The molecule has 2 aliphatic carbocycles. The molecule has 3 aromatic rings. The highest BCUT2D eigenvalue weighted by Crippen LogP contribution is 2.33. The third kappa shape index (κ3) is 8.09. The van der Waals surface area contributed by atoms with Gasteiger partial charge in [-0.1, -0.05) is 36.0 Å². The maximum Gasteiger partial charge on any atom is 0.257 e. The van der Waals surface area contributed by atoms with Crippen LogP contribution in [0.15, 0.2) is 30.7 Å². The van der Waals surface area contributed by atoms with Gasteiger partial charge in [-0.3, -0.25) is 0 Å². The Labute approximate surface area is 271 Å².